The Morgan fingerprint density at radius 1 is 0.341 bits per heavy atom. The van der Waals surface area contributed by atoms with Crippen LogP contribution in [0.1, 0.15) is 72.5 Å². The van der Waals surface area contributed by atoms with E-state index in [-0.39, 0.29) is 38.9 Å². The summed E-state index contributed by atoms with van der Waals surface area (Å²) in [5, 5.41) is 0. The summed E-state index contributed by atoms with van der Waals surface area (Å²) in [6, 6.07) is 63.8. The van der Waals surface area contributed by atoms with Crippen LogP contribution in [-0.4, -0.2) is 120 Å². The van der Waals surface area contributed by atoms with Crippen LogP contribution >= 0.6 is 20.4 Å². The van der Waals surface area contributed by atoms with Crippen LogP contribution in [0.15, 0.2) is 248 Å². The molecule has 0 bridgehead atoms. The Balaban J connectivity index is 1.02. The van der Waals surface area contributed by atoms with Gasteiger partial charge in [-0.1, -0.05) is 157 Å². The average Bonchev–Trinajstić information content (AvgIpc) is 1.04. The predicted octanol–water partition coefficient (Wildman–Crippen LogP) is 10.7. The molecule has 1 N–H and O–H groups in total. The third-order valence-electron chi connectivity index (χ3n) is 13.6. The summed E-state index contributed by atoms with van der Waals surface area (Å²) in [5.41, 5.74) is -0.738. The summed E-state index contributed by atoms with van der Waals surface area (Å²) in [5.74, 6) is -6.42. The van der Waals surface area contributed by atoms with Gasteiger partial charge in [0, 0.05) is 4.90 Å². The molecule has 8 aromatic carbocycles. The van der Waals surface area contributed by atoms with Crippen molar-refractivity contribution in [1.82, 2.24) is 0 Å². The largest absolute Gasteiger partial charge is 0.459 e. The van der Waals surface area contributed by atoms with Gasteiger partial charge >= 0.3 is 50.4 Å². The molecule has 448 valence electrons. The van der Waals surface area contributed by atoms with E-state index in [1.165, 1.54) is 84.9 Å². The number of benzene rings is 8. The van der Waals surface area contributed by atoms with Crippen LogP contribution in [-0.2, 0) is 51.7 Å². The van der Waals surface area contributed by atoms with Crippen LogP contribution in [0.5, 0.6) is 0 Å². The molecule has 2 aliphatic heterocycles. The molecular formula is C67H55O19PS. The van der Waals surface area contributed by atoms with Gasteiger partial charge in [-0.05, 0) is 97.1 Å². The predicted molar refractivity (Wildman–Crippen MR) is 316 cm³/mol. The minimum absolute atomic E-state index is 0.0115. The maximum absolute atomic E-state index is 14.3. The fourth-order valence-corrected chi connectivity index (χ4v) is 11.1. The molecule has 88 heavy (non-hydrogen) atoms. The van der Waals surface area contributed by atoms with E-state index in [1.807, 2.05) is 0 Å². The Bertz CT molecular complexity index is 3600. The van der Waals surface area contributed by atoms with E-state index in [0.29, 0.717) is 4.90 Å². The van der Waals surface area contributed by atoms with Crippen molar-refractivity contribution >= 4 is 62.1 Å². The van der Waals surface area contributed by atoms with Crippen LogP contribution in [0.3, 0.4) is 0 Å². The molecule has 0 spiro atoms. The lowest BCUT2D eigenvalue weighted by atomic mass is 9.97. The lowest BCUT2D eigenvalue weighted by molar-refractivity contribution is -0.277. The molecule has 0 amide bonds. The molecule has 1 unspecified atom stereocenters. The molecule has 0 aromatic heterocycles. The standard InChI is InChI=1S/C67H55O19PS/c68-59(43-25-9-1-10-26-43)76-41-51-53(80-60(69)44-27-11-2-12-28-44)55(82-62(71)46-31-15-4-16-32-46)57(84-64(73)48-35-19-6-20-36-48)66(78-51)86-87(75)77-42-52-54(81-61(70)45-29-13-3-14-30-45)56(83-63(72)47-33-17-5-18-34-47)58(85-65(74)49-37-21-7-22-38-49)67(79-52)88-50-39-23-8-24-40-50/h1-40,51-58,66-67,75H,41-42H2/t51-,52-,53-,54-,55+,56+,57+,58-,66-,67+,87?/m1/s1. The minimum atomic E-state index is -3.32. The lowest BCUT2D eigenvalue weighted by Crippen LogP contribution is -2.63. The van der Waals surface area contributed by atoms with Crippen molar-refractivity contribution in [2.24, 2.45) is 0 Å². The van der Waals surface area contributed by atoms with Gasteiger partial charge in [0.25, 0.3) is 0 Å². The highest BCUT2D eigenvalue weighted by molar-refractivity contribution is 7.99. The van der Waals surface area contributed by atoms with Crippen LogP contribution in [0.4, 0.5) is 0 Å². The molecule has 2 aliphatic rings. The summed E-state index contributed by atoms with van der Waals surface area (Å²) < 4.78 is 68.5. The van der Waals surface area contributed by atoms with E-state index in [0.717, 1.165) is 11.8 Å². The quantitative estimate of drug-likeness (QED) is 0.0377. The van der Waals surface area contributed by atoms with Crippen molar-refractivity contribution in [2.45, 2.75) is 65.5 Å². The van der Waals surface area contributed by atoms with Crippen LogP contribution in [0, 0.1) is 0 Å². The first-order valence-electron chi connectivity index (χ1n) is 27.6. The van der Waals surface area contributed by atoms with E-state index in [2.05, 4.69) is 0 Å². The minimum Gasteiger partial charge on any atom is -0.459 e. The van der Waals surface area contributed by atoms with Gasteiger partial charge in [-0.15, -0.1) is 0 Å². The third kappa shape index (κ3) is 16.2. The molecule has 8 aromatic rings. The van der Waals surface area contributed by atoms with Gasteiger partial charge in [-0.3, -0.25) is 4.52 Å². The number of esters is 7. The number of carbonyl (C=O) groups excluding carboxylic acids is 7. The Labute approximate surface area is 510 Å². The van der Waals surface area contributed by atoms with Crippen molar-refractivity contribution in [3.63, 3.8) is 0 Å². The Morgan fingerprint density at radius 2 is 0.625 bits per heavy atom. The third-order valence-corrected chi connectivity index (χ3v) is 15.5. The molecule has 0 aliphatic carbocycles. The molecule has 10 rings (SSSR count). The first-order chi connectivity index (χ1) is 42.9. The second-order valence-electron chi connectivity index (χ2n) is 19.5. The molecule has 0 saturated carbocycles. The molecule has 21 heteroatoms. The molecule has 2 heterocycles. The Kier molecular flexibility index (Phi) is 21.3. The first kappa shape index (κ1) is 61.7. The smallest absolute Gasteiger partial charge is 0.338 e. The number of carbonyl (C=O) groups is 7. The monoisotopic (exact) mass is 1230 g/mol. The zero-order chi connectivity index (χ0) is 61.2. The lowest BCUT2D eigenvalue weighted by Gasteiger charge is -2.45. The van der Waals surface area contributed by atoms with Gasteiger partial charge in [0.05, 0.1) is 45.6 Å². The van der Waals surface area contributed by atoms with E-state index in [9.17, 15) is 38.5 Å². The van der Waals surface area contributed by atoms with Gasteiger partial charge in [-0.2, -0.15) is 0 Å². The van der Waals surface area contributed by atoms with E-state index >= 15 is 0 Å². The highest BCUT2D eigenvalue weighted by Crippen LogP contribution is 2.44. The normalized spacial score (nSPS) is 21.6. The highest BCUT2D eigenvalue weighted by Gasteiger charge is 2.56. The maximum atomic E-state index is 14.3. The second kappa shape index (κ2) is 30.3. The zero-order valence-corrected chi connectivity index (χ0v) is 48.1. The summed E-state index contributed by atoms with van der Waals surface area (Å²) in [6.45, 7) is -1.46. The summed E-state index contributed by atoms with van der Waals surface area (Å²) in [6.07, 6.45) is -15.6. The first-order valence-corrected chi connectivity index (χ1v) is 29.6. The SMILES string of the molecule is O=C(OC[C@H]1O[C@H](OP(O)OC[C@H]2O[C@@H](Sc3ccccc3)[C@H](OC(=O)c3ccccc3)[C@@H](OC(=O)c3ccccc3)[C@@H]2OC(=O)c2ccccc2)[C@@H](OC(=O)c2ccccc2)[C@@H](OC(=O)c2ccccc2)[C@@H]1OC(=O)c1ccccc1)c1ccccc1. The number of rotatable bonds is 22. The highest BCUT2D eigenvalue weighted by atomic mass is 32.2. The topological polar surface area (TPSA) is 241 Å². The maximum Gasteiger partial charge on any atom is 0.338 e. The van der Waals surface area contributed by atoms with Gasteiger partial charge in [0.1, 0.15) is 24.3 Å². The Morgan fingerprint density at radius 3 is 0.989 bits per heavy atom. The summed E-state index contributed by atoms with van der Waals surface area (Å²) >= 11 is 1.08. The van der Waals surface area contributed by atoms with Crippen molar-refractivity contribution in [3.05, 3.63) is 282 Å². The van der Waals surface area contributed by atoms with Gasteiger partial charge in [0.2, 0.25) is 6.29 Å². The van der Waals surface area contributed by atoms with Gasteiger partial charge in [0.15, 0.2) is 36.6 Å². The van der Waals surface area contributed by atoms with E-state index in [4.69, 9.17) is 51.7 Å². The van der Waals surface area contributed by atoms with Crippen molar-refractivity contribution in [2.75, 3.05) is 13.2 Å². The fourth-order valence-electron chi connectivity index (χ4n) is 9.31. The summed E-state index contributed by atoms with van der Waals surface area (Å²) in [7, 11) is -3.32. The van der Waals surface area contributed by atoms with Crippen molar-refractivity contribution < 1.29 is 90.1 Å². The van der Waals surface area contributed by atoms with Crippen molar-refractivity contribution in [3.8, 4) is 0 Å². The number of hydrogen-bond donors (Lipinski definition) is 1. The Hall–Kier alpha value is -9.37. The van der Waals surface area contributed by atoms with Gasteiger partial charge < -0.3 is 52.0 Å². The van der Waals surface area contributed by atoms with Crippen molar-refractivity contribution in [1.29, 1.82) is 0 Å². The number of hydrogen-bond acceptors (Lipinski definition) is 20. The van der Waals surface area contributed by atoms with E-state index < -0.39 is 124 Å². The second-order valence-corrected chi connectivity index (χ2v) is 21.7. The number of ether oxygens (including phenoxy) is 9. The van der Waals surface area contributed by atoms with Crippen LogP contribution in [0.25, 0.3) is 0 Å². The number of thioether (sulfide) groups is 1. The molecule has 2 fully saturated rings. The summed E-state index contributed by atoms with van der Waals surface area (Å²) in [4.78, 5) is 112. The molecule has 0 radical (unpaired) electrons. The van der Waals surface area contributed by atoms with Crippen LogP contribution < -0.4 is 0 Å². The fraction of sp³-hybridized carbons (Fsp3) is 0.179. The molecule has 2 saturated heterocycles. The zero-order valence-electron chi connectivity index (χ0n) is 46.4. The molecule has 11 atom stereocenters. The molecule has 19 nitrogen and oxygen atoms in total. The van der Waals surface area contributed by atoms with Gasteiger partial charge in [-0.25, -0.2) is 33.6 Å². The van der Waals surface area contributed by atoms with E-state index in [1.54, 1.807) is 158 Å². The average molecular weight is 1230 g/mol. The molecular weight excluding hydrogens is 1170 g/mol. The van der Waals surface area contributed by atoms with Crippen LogP contribution in [0.2, 0.25) is 0 Å².